The summed E-state index contributed by atoms with van der Waals surface area (Å²) in [7, 11) is 0. The zero-order chi connectivity index (χ0) is 42.2. The number of aromatic nitrogens is 1. The van der Waals surface area contributed by atoms with Crippen LogP contribution in [0.25, 0.3) is 71.7 Å². The van der Waals surface area contributed by atoms with Crippen LogP contribution in [-0.4, -0.2) is 4.57 Å². The molecule has 0 radical (unpaired) electrons. The van der Waals surface area contributed by atoms with Crippen molar-refractivity contribution < 1.29 is 4.42 Å². The minimum atomic E-state index is -0.472. The molecule has 0 fully saturated rings. The Kier molecular flexibility index (Phi) is 8.26. The van der Waals surface area contributed by atoms with Crippen LogP contribution in [0, 0.1) is 0 Å². The molecule has 0 saturated carbocycles. The Hall–Kier alpha value is -8.14. The Morgan fingerprint density at radius 3 is 1.94 bits per heavy atom. The maximum absolute atomic E-state index is 6.53. The van der Waals surface area contributed by atoms with E-state index >= 15 is 0 Å². The fourth-order valence-corrected chi connectivity index (χ4v) is 10.9. The number of furan rings is 1. The van der Waals surface area contributed by atoms with E-state index in [1.807, 2.05) is 6.07 Å². The SMILES string of the molecule is C1=CC(C2(c3ccccc3)c3ccccc3-c3ccc(N(c4ccc(-c5ccc6c(c5)c5ccccc5n6-c5ccccc5)cc4)c4ccc5c(c4)oc4ccccc45)cc32)=CCC1. The average molecular weight is 819 g/mol. The summed E-state index contributed by atoms with van der Waals surface area (Å²) < 4.78 is 8.90. The summed E-state index contributed by atoms with van der Waals surface area (Å²) in [6, 6.07) is 77.6. The molecule has 0 bridgehead atoms. The number of fused-ring (bicyclic) bond motifs is 9. The van der Waals surface area contributed by atoms with Crippen LogP contribution >= 0.6 is 0 Å². The molecule has 1 atom stereocenters. The molecule has 3 nitrogen and oxygen atoms in total. The van der Waals surface area contributed by atoms with E-state index in [2.05, 4.69) is 234 Å². The molecule has 11 aromatic rings. The molecule has 9 aromatic carbocycles. The molecule has 13 rings (SSSR count). The van der Waals surface area contributed by atoms with Gasteiger partial charge in [-0.3, -0.25) is 0 Å². The van der Waals surface area contributed by atoms with Gasteiger partial charge in [0.2, 0.25) is 0 Å². The summed E-state index contributed by atoms with van der Waals surface area (Å²) in [5, 5.41) is 4.73. The van der Waals surface area contributed by atoms with Gasteiger partial charge in [-0.05, 0) is 130 Å². The summed E-state index contributed by atoms with van der Waals surface area (Å²) in [6.07, 6.45) is 9.27. The van der Waals surface area contributed by atoms with Gasteiger partial charge in [-0.25, -0.2) is 0 Å². The molecular formula is C61H42N2O. The smallest absolute Gasteiger partial charge is 0.137 e. The van der Waals surface area contributed by atoms with Gasteiger partial charge in [0.05, 0.1) is 16.4 Å². The zero-order valence-electron chi connectivity index (χ0n) is 35.2. The maximum Gasteiger partial charge on any atom is 0.137 e. The zero-order valence-corrected chi connectivity index (χ0v) is 35.2. The van der Waals surface area contributed by atoms with E-state index < -0.39 is 5.41 Å². The quantitative estimate of drug-likeness (QED) is 0.160. The molecule has 2 aliphatic carbocycles. The van der Waals surface area contributed by atoms with Crippen LogP contribution in [0.3, 0.4) is 0 Å². The molecule has 64 heavy (non-hydrogen) atoms. The molecule has 0 spiro atoms. The van der Waals surface area contributed by atoms with Crippen molar-refractivity contribution in [2.45, 2.75) is 18.3 Å². The summed E-state index contributed by atoms with van der Waals surface area (Å²) in [5.41, 5.74) is 18.2. The lowest BCUT2D eigenvalue weighted by Crippen LogP contribution is -2.29. The molecule has 0 N–H and O–H groups in total. The van der Waals surface area contributed by atoms with Crippen LogP contribution in [0.15, 0.2) is 241 Å². The van der Waals surface area contributed by atoms with E-state index in [9.17, 15) is 0 Å². The van der Waals surface area contributed by atoms with Crippen molar-refractivity contribution >= 4 is 60.8 Å². The van der Waals surface area contributed by atoms with Crippen LogP contribution in [0.5, 0.6) is 0 Å². The third-order valence-corrected chi connectivity index (χ3v) is 13.7. The minimum absolute atomic E-state index is 0.472. The third-order valence-electron chi connectivity index (χ3n) is 13.7. The number of allylic oxidation sites excluding steroid dienone is 4. The highest BCUT2D eigenvalue weighted by Crippen LogP contribution is 2.58. The predicted octanol–water partition coefficient (Wildman–Crippen LogP) is 16.4. The molecule has 0 amide bonds. The number of hydrogen-bond donors (Lipinski definition) is 0. The number of benzene rings is 9. The average Bonchev–Trinajstić information content (AvgIpc) is 4.01. The van der Waals surface area contributed by atoms with E-state index in [0.717, 1.165) is 57.5 Å². The lowest BCUT2D eigenvalue weighted by atomic mass is 9.66. The second-order valence-electron chi connectivity index (χ2n) is 17.1. The van der Waals surface area contributed by atoms with Crippen molar-refractivity contribution in [2.24, 2.45) is 0 Å². The monoisotopic (exact) mass is 818 g/mol. The number of hydrogen-bond acceptors (Lipinski definition) is 2. The molecule has 0 aliphatic heterocycles. The van der Waals surface area contributed by atoms with Gasteiger partial charge in [-0.2, -0.15) is 0 Å². The Balaban J connectivity index is 0.988. The van der Waals surface area contributed by atoms with Crippen LogP contribution in [0.1, 0.15) is 29.5 Å². The Morgan fingerprint density at radius 1 is 0.438 bits per heavy atom. The number of rotatable bonds is 7. The van der Waals surface area contributed by atoms with Gasteiger partial charge >= 0.3 is 0 Å². The minimum Gasteiger partial charge on any atom is -0.456 e. The standard InChI is InChI=1S/C61H42N2O/c1-4-16-43(17-5-1)61(44-18-6-2-7-19-44)55-25-13-10-22-49(55)50-35-33-47(39-56(50)61)62(48-34-36-53-52-24-12-15-27-59(52)64-60(53)40-48)46-31-28-41(29-32-46)42-30-37-58-54(38-42)51-23-11-14-26-57(51)63(58)45-20-8-3-9-21-45/h1,3-6,8-40H,2,7H2. The van der Waals surface area contributed by atoms with Crippen LogP contribution in [0.4, 0.5) is 17.1 Å². The third kappa shape index (κ3) is 5.47. The molecule has 302 valence electrons. The first-order valence-corrected chi connectivity index (χ1v) is 22.3. The van der Waals surface area contributed by atoms with Crippen molar-refractivity contribution in [3.8, 4) is 27.9 Å². The van der Waals surface area contributed by atoms with Gasteiger partial charge in [-0.15, -0.1) is 0 Å². The normalized spacial score (nSPS) is 15.5. The van der Waals surface area contributed by atoms with E-state index in [1.54, 1.807) is 0 Å². The van der Waals surface area contributed by atoms with Crippen molar-refractivity contribution in [3.05, 3.63) is 253 Å². The van der Waals surface area contributed by atoms with E-state index in [4.69, 9.17) is 4.42 Å². The Labute approximate surface area is 372 Å². The fraction of sp³-hybridized carbons (Fsp3) is 0.0492. The molecule has 2 heterocycles. The fourth-order valence-electron chi connectivity index (χ4n) is 10.9. The first-order chi connectivity index (χ1) is 31.7. The highest BCUT2D eigenvalue weighted by molar-refractivity contribution is 6.10. The first kappa shape index (κ1) is 36.5. The Morgan fingerprint density at radius 2 is 1.09 bits per heavy atom. The summed E-state index contributed by atoms with van der Waals surface area (Å²) in [6.45, 7) is 0. The topological polar surface area (TPSA) is 21.3 Å². The number of nitrogens with zero attached hydrogens (tertiary/aromatic N) is 2. The van der Waals surface area contributed by atoms with Gasteiger partial charge in [-0.1, -0.05) is 152 Å². The number of para-hydroxylation sites is 3. The largest absolute Gasteiger partial charge is 0.456 e. The molecule has 3 heteroatoms. The van der Waals surface area contributed by atoms with Gasteiger partial charge in [0.1, 0.15) is 11.2 Å². The number of anilines is 3. The van der Waals surface area contributed by atoms with E-state index in [-0.39, 0.29) is 0 Å². The molecule has 2 aliphatic rings. The van der Waals surface area contributed by atoms with Crippen molar-refractivity contribution in [2.75, 3.05) is 4.90 Å². The lowest BCUT2D eigenvalue weighted by molar-refractivity contribution is 0.669. The summed E-state index contributed by atoms with van der Waals surface area (Å²) in [4.78, 5) is 2.40. The van der Waals surface area contributed by atoms with E-state index in [1.165, 1.54) is 66.3 Å². The molecule has 2 aromatic heterocycles. The predicted molar refractivity (Wildman–Crippen MR) is 266 cm³/mol. The van der Waals surface area contributed by atoms with Gasteiger partial charge < -0.3 is 13.9 Å². The second-order valence-corrected chi connectivity index (χ2v) is 17.1. The summed E-state index contributed by atoms with van der Waals surface area (Å²) in [5.74, 6) is 0. The van der Waals surface area contributed by atoms with Gasteiger partial charge in [0.25, 0.3) is 0 Å². The van der Waals surface area contributed by atoms with Crippen molar-refractivity contribution in [3.63, 3.8) is 0 Å². The molecular weight excluding hydrogens is 777 g/mol. The molecule has 0 saturated heterocycles. The van der Waals surface area contributed by atoms with Crippen LogP contribution < -0.4 is 4.90 Å². The molecule has 1 unspecified atom stereocenters. The Bertz CT molecular complexity index is 3670. The highest BCUT2D eigenvalue weighted by atomic mass is 16.3. The summed E-state index contributed by atoms with van der Waals surface area (Å²) >= 11 is 0. The van der Waals surface area contributed by atoms with E-state index in [0.29, 0.717) is 0 Å². The first-order valence-electron chi connectivity index (χ1n) is 22.3. The highest BCUT2D eigenvalue weighted by Gasteiger charge is 2.47. The van der Waals surface area contributed by atoms with Gasteiger partial charge in [0.15, 0.2) is 0 Å². The maximum atomic E-state index is 6.53. The lowest BCUT2D eigenvalue weighted by Gasteiger charge is -2.36. The van der Waals surface area contributed by atoms with Crippen LogP contribution in [-0.2, 0) is 5.41 Å². The second kappa shape index (κ2) is 14.5. The van der Waals surface area contributed by atoms with Gasteiger partial charge in [0, 0.05) is 50.4 Å². The van der Waals surface area contributed by atoms with Crippen molar-refractivity contribution in [1.82, 2.24) is 4.57 Å². The van der Waals surface area contributed by atoms with Crippen molar-refractivity contribution in [1.29, 1.82) is 0 Å². The van der Waals surface area contributed by atoms with Crippen LogP contribution in [0.2, 0.25) is 0 Å².